The fourth-order valence-electron chi connectivity index (χ4n) is 2.33. The quantitative estimate of drug-likeness (QED) is 0.766. The normalized spacial score (nSPS) is 18.7. The Kier molecular flexibility index (Phi) is 4.56. The molecule has 5 nitrogen and oxygen atoms in total. The van der Waals surface area contributed by atoms with E-state index in [-0.39, 0.29) is 15.9 Å². The fraction of sp³-hybridized carbons (Fsp3) is 0.286. The van der Waals surface area contributed by atoms with E-state index in [0.29, 0.717) is 0 Å². The lowest BCUT2D eigenvalue weighted by Crippen LogP contribution is -2.24. The number of halogens is 3. The first-order chi connectivity index (χ1) is 11.3. The van der Waals surface area contributed by atoms with Crippen molar-refractivity contribution in [3.63, 3.8) is 0 Å². The third-order valence-corrected chi connectivity index (χ3v) is 6.56. The maximum atomic E-state index is 12.7. The SMILES string of the molecule is O=S(=O)(Nc1cccc(C(F)(F)F)c1)c1ccc(C2CCNN2)s1. The van der Waals surface area contributed by atoms with E-state index < -0.39 is 21.8 Å². The third kappa shape index (κ3) is 3.72. The van der Waals surface area contributed by atoms with Gasteiger partial charge in [-0.3, -0.25) is 10.1 Å². The maximum Gasteiger partial charge on any atom is 0.416 e. The molecule has 1 saturated heterocycles. The second-order valence-electron chi connectivity index (χ2n) is 5.25. The molecule has 3 rings (SSSR count). The number of nitrogens with one attached hydrogen (secondary N) is 3. The van der Waals surface area contributed by atoms with E-state index in [1.165, 1.54) is 12.1 Å². The molecule has 0 aliphatic carbocycles. The average molecular weight is 377 g/mol. The number of anilines is 1. The Morgan fingerprint density at radius 2 is 2.00 bits per heavy atom. The van der Waals surface area contributed by atoms with Gasteiger partial charge >= 0.3 is 6.18 Å². The van der Waals surface area contributed by atoms with Gasteiger partial charge in [0, 0.05) is 17.1 Å². The molecule has 1 aromatic heterocycles. The van der Waals surface area contributed by atoms with Crippen molar-refractivity contribution in [2.24, 2.45) is 0 Å². The predicted molar refractivity (Wildman–Crippen MR) is 85.1 cm³/mol. The Morgan fingerprint density at radius 1 is 1.21 bits per heavy atom. The molecule has 2 aromatic rings. The van der Waals surface area contributed by atoms with Crippen LogP contribution >= 0.6 is 11.3 Å². The summed E-state index contributed by atoms with van der Waals surface area (Å²) in [5.41, 5.74) is 4.96. The molecule has 1 aromatic carbocycles. The van der Waals surface area contributed by atoms with Gasteiger partial charge in [0.05, 0.1) is 11.6 Å². The minimum atomic E-state index is -4.53. The number of hydrazine groups is 1. The monoisotopic (exact) mass is 377 g/mol. The summed E-state index contributed by atoms with van der Waals surface area (Å²) in [5, 5.41) is 0. The highest BCUT2D eigenvalue weighted by atomic mass is 32.2. The smallest absolute Gasteiger partial charge is 0.279 e. The van der Waals surface area contributed by atoms with Gasteiger partial charge in [0.1, 0.15) is 4.21 Å². The van der Waals surface area contributed by atoms with E-state index in [1.807, 2.05) is 0 Å². The van der Waals surface area contributed by atoms with E-state index in [9.17, 15) is 21.6 Å². The van der Waals surface area contributed by atoms with Crippen LogP contribution in [0.25, 0.3) is 0 Å². The molecule has 0 amide bonds. The van der Waals surface area contributed by atoms with E-state index in [0.717, 1.165) is 47.4 Å². The molecule has 1 aliphatic rings. The fourth-order valence-corrected chi connectivity index (χ4v) is 4.79. The zero-order valence-electron chi connectivity index (χ0n) is 12.2. The molecule has 0 spiro atoms. The van der Waals surface area contributed by atoms with Gasteiger partial charge in [-0.25, -0.2) is 13.8 Å². The molecule has 1 fully saturated rings. The Labute approximate surface area is 140 Å². The lowest BCUT2D eigenvalue weighted by Gasteiger charge is -2.10. The molecule has 1 aliphatic heterocycles. The molecular weight excluding hydrogens is 363 g/mol. The summed E-state index contributed by atoms with van der Waals surface area (Å²) in [7, 11) is -3.93. The number of hydrogen-bond acceptors (Lipinski definition) is 5. The molecule has 130 valence electrons. The summed E-state index contributed by atoms with van der Waals surface area (Å²) in [6.45, 7) is 0.785. The van der Waals surface area contributed by atoms with Gasteiger partial charge in [-0.2, -0.15) is 13.2 Å². The van der Waals surface area contributed by atoms with Crippen molar-refractivity contribution < 1.29 is 21.6 Å². The van der Waals surface area contributed by atoms with Crippen LogP contribution in [0.4, 0.5) is 18.9 Å². The van der Waals surface area contributed by atoms with Crippen molar-refractivity contribution in [2.45, 2.75) is 22.8 Å². The molecular formula is C14H14F3N3O2S2. The predicted octanol–water partition coefficient (Wildman–Crippen LogP) is 3.11. The van der Waals surface area contributed by atoms with Crippen LogP contribution < -0.4 is 15.6 Å². The summed E-state index contributed by atoms with van der Waals surface area (Å²) in [6.07, 6.45) is -3.69. The van der Waals surface area contributed by atoms with Crippen molar-refractivity contribution in [3.8, 4) is 0 Å². The number of alkyl halides is 3. The van der Waals surface area contributed by atoms with Crippen LogP contribution in [-0.2, 0) is 16.2 Å². The van der Waals surface area contributed by atoms with Gasteiger partial charge in [0.15, 0.2) is 0 Å². The Hall–Kier alpha value is -1.62. The van der Waals surface area contributed by atoms with Gasteiger partial charge in [-0.1, -0.05) is 6.07 Å². The summed E-state index contributed by atoms with van der Waals surface area (Å²) < 4.78 is 65.1. The Bertz CT molecular complexity index is 828. The van der Waals surface area contributed by atoms with Crippen molar-refractivity contribution in [2.75, 3.05) is 11.3 Å². The minimum absolute atomic E-state index is 0.0347. The maximum absolute atomic E-state index is 12.7. The molecule has 2 heterocycles. The van der Waals surface area contributed by atoms with Gasteiger partial charge in [-0.15, -0.1) is 11.3 Å². The van der Waals surface area contributed by atoms with E-state index >= 15 is 0 Å². The summed E-state index contributed by atoms with van der Waals surface area (Å²) in [4.78, 5) is 0.851. The summed E-state index contributed by atoms with van der Waals surface area (Å²) in [6, 6.07) is 7.30. The van der Waals surface area contributed by atoms with Gasteiger partial charge in [0.25, 0.3) is 10.0 Å². The van der Waals surface area contributed by atoms with Crippen LogP contribution in [0.15, 0.2) is 40.6 Å². The summed E-state index contributed by atoms with van der Waals surface area (Å²) in [5.74, 6) is 0. The number of sulfonamides is 1. The molecule has 3 N–H and O–H groups in total. The first kappa shape index (κ1) is 17.2. The standard InChI is InChI=1S/C14H14F3N3O2S2/c15-14(16,17)9-2-1-3-10(8-9)20-24(21,22)13-5-4-12(23-13)11-6-7-18-19-11/h1-5,8,11,18-20H,6-7H2. The largest absolute Gasteiger partial charge is 0.416 e. The topological polar surface area (TPSA) is 70.2 Å². The first-order valence-electron chi connectivity index (χ1n) is 7.04. The number of thiophene rings is 1. The van der Waals surface area contributed by atoms with Crippen LogP contribution in [0.2, 0.25) is 0 Å². The van der Waals surface area contributed by atoms with Crippen LogP contribution in [0.1, 0.15) is 22.9 Å². The second kappa shape index (κ2) is 6.36. The number of benzene rings is 1. The molecule has 24 heavy (non-hydrogen) atoms. The van der Waals surface area contributed by atoms with Crippen LogP contribution in [-0.4, -0.2) is 15.0 Å². The van der Waals surface area contributed by atoms with Crippen molar-refractivity contribution >= 4 is 27.0 Å². The van der Waals surface area contributed by atoms with E-state index in [1.54, 1.807) is 6.07 Å². The Morgan fingerprint density at radius 3 is 2.67 bits per heavy atom. The van der Waals surface area contributed by atoms with Gasteiger partial charge in [-0.05, 0) is 36.8 Å². The van der Waals surface area contributed by atoms with E-state index in [4.69, 9.17) is 0 Å². The lowest BCUT2D eigenvalue weighted by atomic mass is 10.2. The van der Waals surface area contributed by atoms with Gasteiger partial charge < -0.3 is 0 Å². The minimum Gasteiger partial charge on any atom is -0.279 e. The zero-order chi connectivity index (χ0) is 17.4. The van der Waals surface area contributed by atoms with Gasteiger partial charge in [0.2, 0.25) is 0 Å². The van der Waals surface area contributed by atoms with Crippen molar-refractivity contribution in [1.29, 1.82) is 0 Å². The number of hydrogen-bond donors (Lipinski definition) is 3. The van der Waals surface area contributed by atoms with Crippen LogP contribution in [0, 0.1) is 0 Å². The van der Waals surface area contributed by atoms with Crippen molar-refractivity contribution in [1.82, 2.24) is 10.9 Å². The molecule has 1 atom stereocenters. The summed E-state index contributed by atoms with van der Waals surface area (Å²) >= 11 is 1.09. The average Bonchev–Trinajstić information content (AvgIpc) is 3.17. The highest BCUT2D eigenvalue weighted by molar-refractivity contribution is 7.94. The zero-order valence-corrected chi connectivity index (χ0v) is 13.9. The Balaban J connectivity index is 1.81. The highest BCUT2D eigenvalue weighted by Gasteiger charge is 2.31. The molecule has 10 heteroatoms. The second-order valence-corrected chi connectivity index (χ2v) is 8.28. The highest BCUT2D eigenvalue weighted by Crippen LogP contribution is 2.33. The molecule has 0 radical (unpaired) electrons. The number of rotatable bonds is 4. The third-order valence-electron chi connectivity index (χ3n) is 3.49. The van der Waals surface area contributed by atoms with Crippen LogP contribution in [0.3, 0.4) is 0 Å². The molecule has 1 unspecified atom stereocenters. The molecule has 0 bridgehead atoms. The molecule has 0 saturated carbocycles. The van der Waals surface area contributed by atoms with Crippen molar-refractivity contribution in [3.05, 3.63) is 46.8 Å². The van der Waals surface area contributed by atoms with E-state index in [2.05, 4.69) is 15.6 Å². The first-order valence-corrected chi connectivity index (χ1v) is 9.34. The lowest BCUT2D eigenvalue weighted by molar-refractivity contribution is -0.137. The van der Waals surface area contributed by atoms with Crippen LogP contribution in [0.5, 0.6) is 0 Å².